The number of hydrogen-bond donors (Lipinski definition) is 3. The van der Waals surface area contributed by atoms with Crippen molar-refractivity contribution in [3.63, 3.8) is 0 Å². The maximum Gasteiger partial charge on any atom is 0.220 e. The first-order chi connectivity index (χ1) is 17.0. The standard InChI is InChI=1S/C29H38N2O4/c1-20(2)35-22-13-14-23-24(17-22)25-18-28(23)34-15-9-4-3-8-12-29(33)31-26(27(32)19-30-25)16-21-10-6-5-7-11-21/h4-7,9-11,13-14,17,20,25-28,30,32H,3,8,12,15-16,18-19H2,1-2H3,(H,31,33)/t25-,26-,27+,28+/m0/s1. The molecular formula is C29H38N2O4. The molecule has 1 heterocycles. The van der Waals surface area contributed by atoms with E-state index in [4.69, 9.17) is 9.47 Å². The highest BCUT2D eigenvalue weighted by atomic mass is 16.5. The van der Waals surface area contributed by atoms with Crippen molar-refractivity contribution in [2.75, 3.05) is 13.2 Å². The van der Waals surface area contributed by atoms with Crippen molar-refractivity contribution in [3.8, 4) is 5.75 Å². The Bertz CT molecular complexity index is 991. The third-order valence-electron chi connectivity index (χ3n) is 6.62. The van der Waals surface area contributed by atoms with Gasteiger partial charge in [0, 0.05) is 19.0 Å². The van der Waals surface area contributed by atoms with E-state index in [9.17, 15) is 9.90 Å². The minimum Gasteiger partial charge on any atom is -0.491 e. The Balaban J connectivity index is 1.55. The lowest BCUT2D eigenvalue weighted by molar-refractivity contribution is -0.122. The van der Waals surface area contributed by atoms with E-state index in [0.29, 0.717) is 26.0 Å². The van der Waals surface area contributed by atoms with E-state index < -0.39 is 6.10 Å². The highest BCUT2D eigenvalue weighted by Crippen LogP contribution is 2.42. The molecule has 35 heavy (non-hydrogen) atoms. The van der Waals surface area contributed by atoms with Crippen LogP contribution in [0.3, 0.4) is 0 Å². The van der Waals surface area contributed by atoms with Crippen LogP contribution in [0.4, 0.5) is 0 Å². The number of rotatable bonds is 4. The molecule has 2 aromatic rings. The zero-order valence-electron chi connectivity index (χ0n) is 20.8. The van der Waals surface area contributed by atoms with Crippen LogP contribution >= 0.6 is 0 Å². The molecule has 2 aromatic carbocycles. The van der Waals surface area contributed by atoms with Crippen LogP contribution in [0.1, 0.15) is 68.4 Å². The second-order valence-corrected chi connectivity index (χ2v) is 9.77. The summed E-state index contributed by atoms with van der Waals surface area (Å²) in [5, 5.41) is 17.8. The molecule has 0 fully saturated rings. The number of ether oxygens (including phenoxy) is 2. The normalized spacial score (nSPS) is 25.8. The number of carbonyl (C=O) groups is 1. The van der Waals surface area contributed by atoms with E-state index >= 15 is 0 Å². The average Bonchev–Trinajstić information content (AvgIpc) is 3.18. The summed E-state index contributed by atoms with van der Waals surface area (Å²) in [6.45, 7) is 4.94. The summed E-state index contributed by atoms with van der Waals surface area (Å²) >= 11 is 0. The van der Waals surface area contributed by atoms with Gasteiger partial charge in [-0.1, -0.05) is 48.6 Å². The van der Waals surface area contributed by atoms with Gasteiger partial charge in [0.1, 0.15) is 5.75 Å². The monoisotopic (exact) mass is 478 g/mol. The second kappa shape index (κ2) is 12.3. The van der Waals surface area contributed by atoms with Crippen LogP contribution in [0.5, 0.6) is 5.75 Å². The van der Waals surface area contributed by atoms with Gasteiger partial charge in [0.05, 0.1) is 31.0 Å². The molecule has 3 N–H and O–H groups in total. The second-order valence-electron chi connectivity index (χ2n) is 9.77. The van der Waals surface area contributed by atoms with E-state index in [0.717, 1.165) is 36.1 Å². The van der Waals surface area contributed by atoms with Gasteiger partial charge in [-0.3, -0.25) is 4.79 Å². The molecule has 6 nitrogen and oxygen atoms in total. The zero-order valence-corrected chi connectivity index (χ0v) is 20.8. The molecule has 0 saturated heterocycles. The van der Waals surface area contributed by atoms with Gasteiger partial charge in [-0.05, 0) is 68.4 Å². The van der Waals surface area contributed by atoms with E-state index in [2.05, 4.69) is 28.8 Å². The topological polar surface area (TPSA) is 79.8 Å². The fourth-order valence-corrected chi connectivity index (χ4v) is 4.89. The van der Waals surface area contributed by atoms with Crippen LogP contribution in [0.2, 0.25) is 0 Å². The largest absolute Gasteiger partial charge is 0.491 e. The molecule has 4 atom stereocenters. The van der Waals surface area contributed by atoms with E-state index in [1.165, 1.54) is 5.56 Å². The summed E-state index contributed by atoms with van der Waals surface area (Å²) in [5.74, 6) is 0.815. The van der Waals surface area contributed by atoms with Gasteiger partial charge in [0.2, 0.25) is 5.91 Å². The van der Waals surface area contributed by atoms with Gasteiger partial charge >= 0.3 is 0 Å². The molecule has 2 bridgehead atoms. The van der Waals surface area contributed by atoms with Crippen molar-refractivity contribution in [1.82, 2.24) is 10.6 Å². The molecule has 1 aliphatic heterocycles. The number of aliphatic hydroxyl groups excluding tert-OH is 1. The number of fused-ring (bicyclic) bond motifs is 5. The van der Waals surface area contributed by atoms with Gasteiger partial charge in [-0.15, -0.1) is 0 Å². The fraction of sp³-hybridized carbons (Fsp3) is 0.483. The molecular weight excluding hydrogens is 440 g/mol. The molecule has 0 unspecified atom stereocenters. The summed E-state index contributed by atoms with van der Waals surface area (Å²) < 4.78 is 12.2. The zero-order chi connectivity index (χ0) is 24.6. The molecule has 0 spiro atoms. The summed E-state index contributed by atoms with van der Waals surface area (Å²) in [5.41, 5.74) is 3.40. The molecule has 2 aliphatic rings. The van der Waals surface area contributed by atoms with Crippen molar-refractivity contribution < 1.29 is 19.4 Å². The van der Waals surface area contributed by atoms with Gasteiger partial charge < -0.3 is 25.2 Å². The third kappa shape index (κ3) is 7.17. The number of β-amino-alcohol motifs (C(OH)–C–C–N with tert-alkyl or cyclic N) is 1. The summed E-state index contributed by atoms with van der Waals surface area (Å²) in [4.78, 5) is 12.6. The molecule has 4 rings (SSSR count). The summed E-state index contributed by atoms with van der Waals surface area (Å²) in [6.07, 6.45) is 6.87. The molecule has 6 heteroatoms. The van der Waals surface area contributed by atoms with E-state index in [1.807, 2.05) is 56.3 Å². The van der Waals surface area contributed by atoms with Crippen molar-refractivity contribution >= 4 is 5.91 Å². The van der Waals surface area contributed by atoms with Crippen LogP contribution in [0.15, 0.2) is 60.7 Å². The number of hydrogen-bond acceptors (Lipinski definition) is 5. The lowest BCUT2D eigenvalue weighted by Crippen LogP contribution is -2.49. The molecule has 1 amide bonds. The Morgan fingerprint density at radius 2 is 1.94 bits per heavy atom. The molecule has 1 aliphatic carbocycles. The van der Waals surface area contributed by atoms with Gasteiger partial charge in [-0.25, -0.2) is 0 Å². The quantitative estimate of drug-likeness (QED) is 0.568. The van der Waals surface area contributed by atoms with Crippen LogP contribution in [-0.4, -0.2) is 42.4 Å². The number of benzene rings is 2. The fourth-order valence-electron chi connectivity index (χ4n) is 4.89. The Labute approximate surface area is 208 Å². The number of allylic oxidation sites excluding steroid dienone is 1. The van der Waals surface area contributed by atoms with E-state index in [-0.39, 0.29) is 30.2 Å². The summed E-state index contributed by atoms with van der Waals surface area (Å²) in [7, 11) is 0. The predicted octanol–water partition coefficient (Wildman–Crippen LogP) is 4.39. The smallest absolute Gasteiger partial charge is 0.220 e. The number of nitrogens with one attached hydrogen (secondary N) is 2. The maximum absolute atomic E-state index is 12.6. The predicted molar refractivity (Wildman–Crippen MR) is 137 cm³/mol. The maximum atomic E-state index is 12.6. The molecule has 0 aromatic heterocycles. The summed E-state index contributed by atoms with van der Waals surface area (Å²) in [6, 6.07) is 15.9. The lowest BCUT2D eigenvalue weighted by atomic mass is 10.00. The van der Waals surface area contributed by atoms with Crippen molar-refractivity contribution in [2.45, 2.75) is 76.3 Å². The Hall–Kier alpha value is -2.67. The van der Waals surface area contributed by atoms with Crippen molar-refractivity contribution in [1.29, 1.82) is 0 Å². The Kier molecular flexibility index (Phi) is 8.96. The molecule has 0 saturated carbocycles. The lowest BCUT2D eigenvalue weighted by Gasteiger charge is -2.26. The number of aliphatic hydroxyl groups is 1. The highest BCUT2D eigenvalue weighted by molar-refractivity contribution is 5.76. The Morgan fingerprint density at radius 3 is 2.74 bits per heavy atom. The van der Waals surface area contributed by atoms with Crippen LogP contribution < -0.4 is 15.4 Å². The van der Waals surface area contributed by atoms with Crippen molar-refractivity contribution in [3.05, 3.63) is 77.4 Å². The van der Waals surface area contributed by atoms with Gasteiger partial charge in [0.15, 0.2) is 0 Å². The average molecular weight is 479 g/mol. The first kappa shape index (κ1) is 25.4. The van der Waals surface area contributed by atoms with Crippen LogP contribution in [-0.2, 0) is 16.0 Å². The Morgan fingerprint density at radius 1 is 1.11 bits per heavy atom. The van der Waals surface area contributed by atoms with Gasteiger partial charge in [-0.2, -0.15) is 0 Å². The molecule has 0 radical (unpaired) electrons. The third-order valence-corrected chi connectivity index (χ3v) is 6.62. The number of carbonyl (C=O) groups excluding carboxylic acids is 1. The highest BCUT2D eigenvalue weighted by Gasteiger charge is 2.33. The van der Waals surface area contributed by atoms with Crippen LogP contribution in [0, 0.1) is 0 Å². The van der Waals surface area contributed by atoms with E-state index in [1.54, 1.807) is 0 Å². The minimum absolute atomic E-state index is 0.00915. The minimum atomic E-state index is -0.731. The SMILES string of the molecule is CC(C)Oc1ccc2c(c1)[C@@H]1C[C@H]2OCC=CCCCC(=O)N[C@@H](Cc2ccccc2)[C@H](O)CN1. The number of amides is 1. The molecule has 188 valence electrons. The first-order valence-corrected chi connectivity index (χ1v) is 12.8. The van der Waals surface area contributed by atoms with Gasteiger partial charge in [0.25, 0.3) is 0 Å². The first-order valence-electron chi connectivity index (χ1n) is 12.8. The van der Waals surface area contributed by atoms with Crippen molar-refractivity contribution in [2.24, 2.45) is 0 Å². The van der Waals surface area contributed by atoms with Crippen LogP contribution in [0.25, 0.3) is 0 Å².